The average Bonchev–Trinajstić information content (AvgIpc) is 3.51. The third-order valence-corrected chi connectivity index (χ3v) is 5.06. The summed E-state index contributed by atoms with van der Waals surface area (Å²) >= 11 is 0. The smallest absolute Gasteiger partial charge is 0.408 e. The number of hydrogen-bond donors (Lipinski definition) is 2. The van der Waals surface area contributed by atoms with E-state index in [0.717, 1.165) is 24.0 Å². The number of alkyl carbamates (subject to hydrolysis) is 1. The Kier molecular flexibility index (Phi) is 6.31. The molecule has 1 aliphatic carbocycles. The minimum Gasteiger partial charge on any atom is -0.467 e. The van der Waals surface area contributed by atoms with Crippen molar-refractivity contribution in [1.29, 1.82) is 0 Å². The standard InChI is InChI=1S/C22H26N2O4/c1-16(18-11-7-4-8-12-18)24-22(13-14-22)19(20(25)27-2)23-21(26)28-15-17-9-5-3-6-10-17/h3-12,16,19,24H,13-15H2,1-2H3,(H,23,26)/t16-,19?/m1/s1. The van der Waals surface area contributed by atoms with Crippen LogP contribution in [-0.2, 0) is 20.9 Å². The lowest BCUT2D eigenvalue weighted by atomic mass is 10.0. The highest BCUT2D eigenvalue weighted by Gasteiger charge is 2.54. The molecule has 0 saturated heterocycles. The zero-order chi connectivity index (χ0) is 20.0. The first-order valence-electron chi connectivity index (χ1n) is 9.42. The first kappa shape index (κ1) is 19.9. The van der Waals surface area contributed by atoms with Gasteiger partial charge in [-0.05, 0) is 30.9 Å². The molecular weight excluding hydrogens is 356 g/mol. The molecule has 0 bridgehead atoms. The maximum atomic E-state index is 12.4. The minimum atomic E-state index is -0.813. The van der Waals surface area contributed by atoms with Crippen molar-refractivity contribution in [3.63, 3.8) is 0 Å². The summed E-state index contributed by atoms with van der Waals surface area (Å²) in [6, 6.07) is 18.6. The van der Waals surface area contributed by atoms with Gasteiger partial charge in [0.05, 0.1) is 12.6 Å². The number of carbonyl (C=O) groups excluding carboxylic acids is 2. The Morgan fingerprint density at radius 3 is 2.21 bits per heavy atom. The molecule has 1 amide bonds. The van der Waals surface area contributed by atoms with E-state index in [2.05, 4.69) is 10.6 Å². The molecule has 6 heteroatoms. The van der Waals surface area contributed by atoms with Crippen LogP contribution in [0.15, 0.2) is 60.7 Å². The molecule has 6 nitrogen and oxygen atoms in total. The third-order valence-electron chi connectivity index (χ3n) is 5.06. The highest BCUT2D eigenvalue weighted by Crippen LogP contribution is 2.41. The molecule has 1 aliphatic rings. The molecule has 2 N–H and O–H groups in total. The number of rotatable bonds is 8. The van der Waals surface area contributed by atoms with Gasteiger partial charge in [-0.15, -0.1) is 0 Å². The summed E-state index contributed by atoms with van der Waals surface area (Å²) < 4.78 is 10.2. The fourth-order valence-corrected chi connectivity index (χ4v) is 3.33. The molecule has 0 aliphatic heterocycles. The third kappa shape index (κ3) is 4.89. The highest BCUT2D eigenvalue weighted by molar-refractivity contribution is 5.83. The second kappa shape index (κ2) is 8.89. The Bertz CT molecular complexity index is 791. The topological polar surface area (TPSA) is 76.7 Å². The van der Waals surface area contributed by atoms with Crippen molar-refractivity contribution in [3.8, 4) is 0 Å². The van der Waals surface area contributed by atoms with Gasteiger partial charge in [-0.2, -0.15) is 0 Å². The molecule has 0 aromatic heterocycles. The van der Waals surface area contributed by atoms with Crippen molar-refractivity contribution >= 4 is 12.1 Å². The van der Waals surface area contributed by atoms with Crippen LogP contribution < -0.4 is 10.6 Å². The molecular formula is C22H26N2O4. The first-order chi connectivity index (χ1) is 13.5. The van der Waals surface area contributed by atoms with E-state index in [4.69, 9.17) is 9.47 Å². The van der Waals surface area contributed by atoms with Crippen LogP contribution in [0.5, 0.6) is 0 Å². The summed E-state index contributed by atoms with van der Waals surface area (Å²) in [5.74, 6) is -0.484. The van der Waals surface area contributed by atoms with E-state index in [-0.39, 0.29) is 12.6 Å². The molecule has 1 unspecified atom stereocenters. The summed E-state index contributed by atoms with van der Waals surface area (Å²) in [5.41, 5.74) is 1.46. The molecule has 1 saturated carbocycles. The lowest BCUT2D eigenvalue weighted by Gasteiger charge is -2.29. The second-order valence-corrected chi connectivity index (χ2v) is 7.10. The Labute approximate surface area is 165 Å². The van der Waals surface area contributed by atoms with Crippen LogP contribution in [0, 0.1) is 0 Å². The lowest BCUT2D eigenvalue weighted by molar-refractivity contribution is -0.144. The number of esters is 1. The molecule has 2 aromatic rings. The zero-order valence-corrected chi connectivity index (χ0v) is 16.2. The molecule has 3 rings (SSSR count). The van der Waals surface area contributed by atoms with Crippen molar-refractivity contribution in [1.82, 2.24) is 10.6 Å². The molecule has 0 heterocycles. The van der Waals surface area contributed by atoms with Gasteiger partial charge in [0.25, 0.3) is 0 Å². The van der Waals surface area contributed by atoms with Crippen LogP contribution in [0.4, 0.5) is 4.79 Å². The molecule has 1 fully saturated rings. The summed E-state index contributed by atoms with van der Waals surface area (Å²) in [4.78, 5) is 24.7. The number of benzene rings is 2. The Hall–Kier alpha value is -2.86. The number of nitrogens with one attached hydrogen (secondary N) is 2. The van der Waals surface area contributed by atoms with E-state index in [1.807, 2.05) is 67.6 Å². The number of carbonyl (C=O) groups is 2. The molecule has 2 atom stereocenters. The summed E-state index contributed by atoms with van der Waals surface area (Å²) in [6.07, 6.45) is 0.894. The van der Waals surface area contributed by atoms with Gasteiger partial charge in [0, 0.05) is 6.04 Å². The van der Waals surface area contributed by atoms with Gasteiger partial charge < -0.3 is 20.1 Å². The minimum absolute atomic E-state index is 0.0259. The van der Waals surface area contributed by atoms with E-state index in [0.29, 0.717) is 0 Å². The van der Waals surface area contributed by atoms with Crippen LogP contribution >= 0.6 is 0 Å². The van der Waals surface area contributed by atoms with Crippen molar-refractivity contribution in [2.45, 2.75) is 44.0 Å². The molecule has 0 spiro atoms. The van der Waals surface area contributed by atoms with Crippen LogP contribution in [0.3, 0.4) is 0 Å². The molecule has 2 aromatic carbocycles. The normalized spacial score (nSPS) is 16.5. The number of ether oxygens (including phenoxy) is 2. The van der Waals surface area contributed by atoms with Gasteiger partial charge in [-0.25, -0.2) is 9.59 Å². The fraction of sp³-hybridized carbons (Fsp3) is 0.364. The van der Waals surface area contributed by atoms with E-state index in [1.165, 1.54) is 7.11 Å². The molecule has 148 valence electrons. The van der Waals surface area contributed by atoms with E-state index in [9.17, 15) is 9.59 Å². The lowest BCUT2D eigenvalue weighted by Crippen LogP contribution is -2.57. The fourth-order valence-electron chi connectivity index (χ4n) is 3.33. The SMILES string of the molecule is COC(=O)C(NC(=O)OCc1ccccc1)C1(N[C@H](C)c2ccccc2)CC1. The van der Waals surface area contributed by atoms with Gasteiger partial charge in [0.2, 0.25) is 0 Å². The van der Waals surface area contributed by atoms with Crippen molar-refractivity contribution in [2.24, 2.45) is 0 Å². The summed E-state index contributed by atoms with van der Waals surface area (Å²) in [6.45, 7) is 2.18. The number of amides is 1. The van der Waals surface area contributed by atoms with Crippen LogP contribution in [0.1, 0.15) is 36.9 Å². The molecule has 0 radical (unpaired) electrons. The predicted octanol–water partition coefficient (Wildman–Crippen LogP) is 3.34. The quantitative estimate of drug-likeness (QED) is 0.685. The zero-order valence-electron chi connectivity index (χ0n) is 16.2. The highest BCUT2D eigenvalue weighted by atomic mass is 16.6. The second-order valence-electron chi connectivity index (χ2n) is 7.10. The number of hydrogen-bond acceptors (Lipinski definition) is 5. The Balaban J connectivity index is 1.64. The Morgan fingerprint density at radius 1 is 1.04 bits per heavy atom. The van der Waals surface area contributed by atoms with Gasteiger partial charge in [-0.3, -0.25) is 0 Å². The Morgan fingerprint density at radius 2 is 1.64 bits per heavy atom. The van der Waals surface area contributed by atoms with E-state index in [1.54, 1.807) is 0 Å². The summed E-state index contributed by atoms with van der Waals surface area (Å²) in [5, 5.41) is 6.21. The van der Waals surface area contributed by atoms with Gasteiger partial charge in [-0.1, -0.05) is 60.7 Å². The molecule has 28 heavy (non-hydrogen) atoms. The van der Waals surface area contributed by atoms with Gasteiger partial charge in [0.15, 0.2) is 0 Å². The maximum absolute atomic E-state index is 12.4. The van der Waals surface area contributed by atoms with Gasteiger partial charge >= 0.3 is 12.1 Å². The van der Waals surface area contributed by atoms with Gasteiger partial charge in [0.1, 0.15) is 12.6 Å². The van der Waals surface area contributed by atoms with Crippen molar-refractivity contribution in [2.75, 3.05) is 7.11 Å². The van der Waals surface area contributed by atoms with Crippen LogP contribution in [0.25, 0.3) is 0 Å². The monoisotopic (exact) mass is 382 g/mol. The van der Waals surface area contributed by atoms with Crippen molar-refractivity contribution < 1.29 is 19.1 Å². The van der Waals surface area contributed by atoms with E-state index >= 15 is 0 Å². The van der Waals surface area contributed by atoms with E-state index < -0.39 is 23.6 Å². The largest absolute Gasteiger partial charge is 0.467 e. The summed E-state index contributed by atoms with van der Waals surface area (Å²) in [7, 11) is 1.32. The maximum Gasteiger partial charge on any atom is 0.408 e. The predicted molar refractivity (Wildman–Crippen MR) is 106 cm³/mol. The van der Waals surface area contributed by atoms with Crippen molar-refractivity contribution in [3.05, 3.63) is 71.8 Å². The first-order valence-corrected chi connectivity index (χ1v) is 9.42. The van der Waals surface area contributed by atoms with Crippen LogP contribution in [-0.4, -0.2) is 30.8 Å². The average molecular weight is 382 g/mol. The van der Waals surface area contributed by atoms with Crippen LogP contribution in [0.2, 0.25) is 0 Å². The number of methoxy groups -OCH3 is 1.